The van der Waals surface area contributed by atoms with Gasteiger partial charge in [0.05, 0.1) is 26.4 Å². The molecule has 0 bridgehead atoms. The molecule has 2 atom stereocenters. The highest BCUT2D eigenvalue weighted by Gasteiger charge is 2.26. The number of nitrogens with two attached hydrogens (primary N) is 2. The third kappa shape index (κ3) is 13.4. The van der Waals surface area contributed by atoms with Crippen LogP contribution in [0.4, 0.5) is 4.79 Å². The van der Waals surface area contributed by atoms with Gasteiger partial charge < -0.3 is 35.9 Å². The summed E-state index contributed by atoms with van der Waals surface area (Å²) in [5.41, 5.74) is 10.9. The average Bonchev–Trinajstić information content (AvgIpc) is 2.53. The van der Waals surface area contributed by atoms with Gasteiger partial charge in [-0.05, 0) is 11.8 Å². The highest BCUT2D eigenvalue weighted by molar-refractivity contribution is 5.91. The Balaban J connectivity index is 0. The Morgan fingerprint density at radius 2 is 1.12 bits per heavy atom. The first-order valence-electron chi connectivity index (χ1n) is 7.86. The van der Waals surface area contributed by atoms with E-state index in [-0.39, 0.29) is 25.0 Å². The van der Waals surface area contributed by atoms with Crippen LogP contribution in [0.15, 0.2) is 0 Å². The number of aliphatic hydroxyl groups excluding tert-OH is 2. The van der Waals surface area contributed by atoms with E-state index in [2.05, 4.69) is 14.2 Å². The average molecular weight is 366 g/mol. The Hall–Kier alpha value is -1.59. The van der Waals surface area contributed by atoms with Crippen molar-refractivity contribution < 1.29 is 38.8 Å². The molecule has 10 nitrogen and oxygen atoms in total. The van der Waals surface area contributed by atoms with Crippen LogP contribution in [0.3, 0.4) is 0 Å². The molecule has 0 amide bonds. The van der Waals surface area contributed by atoms with Crippen LogP contribution in [0.2, 0.25) is 0 Å². The lowest BCUT2D eigenvalue weighted by atomic mass is 10.1. The monoisotopic (exact) mass is 366 g/mol. The smallest absolute Gasteiger partial charge is 0.394 e. The Labute approximate surface area is 147 Å². The van der Waals surface area contributed by atoms with Gasteiger partial charge in [-0.15, -0.1) is 0 Å². The molecule has 0 aliphatic rings. The highest BCUT2D eigenvalue weighted by atomic mass is 16.8. The zero-order valence-electron chi connectivity index (χ0n) is 15.1. The van der Waals surface area contributed by atoms with Gasteiger partial charge in [-0.3, -0.25) is 0 Å². The zero-order valence-corrected chi connectivity index (χ0v) is 15.1. The number of aliphatic hydroxyl groups is 2. The summed E-state index contributed by atoms with van der Waals surface area (Å²) in [5.74, 6) is -2.28. The van der Waals surface area contributed by atoms with E-state index in [0.29, 0.717) is 13.2 Å². The summed E-state index contributed by atoms with van der Waals surface area (Å²) in [5, 5.41) is 16.2. The fraction of sp³-hybridized carbons (Fsp3) is 0.800. The van der Waals surface area contributed by atoms with E-state index in [1.54, 1.807) is 27.7 Å². The first kappa shape index (κ1) is 25.6. The minimum Gasteiger partial charge on any atom is -0.394 e. The van der Waals surface area contributed by atoms with E-state index in [9.17, 15) is 14.4 Å². The van der Waals surface area contributed by atoms with E-state index >= 15 is 0 Å². The van der Waals surface area contributed by atoms with Crippen LogP contribution < -0.4 is 11.5 Å². The second-order valence-electron chi connectivity index (χ2n) is 5.69. The molecule has 0 spiro atoms. The van der Waals surface area contributed by atoms with Crippen molar-refractivity contribution in [3.8, 4) is 0 Å². The molecule has 0 unspecified atom stereocenters. The lowest BCUT2D eigenvalue weighted by Crippen LogP contribution is -2.41. The quantitative estimate of drug-likeness (QED) is 0.241. The van der Waals surface area contributed by atoms with Gasteiger partial charge in [0.1, 0.15) is 12.1 Å². The molecule has 0 aliphatic heterocycles. The van der Waals surface area contributed by atoms with Crippen molar-refractivity contribution in [3.05, 3.63) is 0 Å². The summed E-state index contributed by atoms with van der Waals surface area (Å²) in [4.78, 5) is 33.7. The second kappa shape index (κ2) is 14.7. The molecular weight excluding hydrogens is 336 g/mol. The van der Waals surface area contributed by atoms with Crippen LogP contribution in [0.1, 0.15) is 27.7 Å². The molecule has 0 aromatic rings. The molecule has 6 N–H and O–H groups in total. The Morgan fingerprint density at radius 3 is 1.36 bits per heavy atom. The van der Waals surface area contributed by atoms with Gasteiger partial charge >= 0.3 is 18.1 Å². The lowest BCUT2D eigenvalue weighted by Gasteiger charge is -2.15. The Kier molecular flexibility index (Phi) is 15.1. The number of carbonyl (C=O) groups is 3. The summed E-state index contributed by atoms with van der Waals surface area (Å²) in [6.45, 7) is 7.46. The number of esters is 2. The van der Waals surface area contributed by atoms with Crippen LogP contribution in [-0.2, 0) is 23.8 Å². The molecule has 10 heteroatoms. The van der Waals surface area contributed by atoms with E-state index in [1.807, 2.05) is 0 Å². The van der Waals surface area contributed by atoms with Crippen molar-refractivity contribution in [1.82, 2.24) is 0 Å². The normalized spacial score (nSPS) is 12.9. The van der Waals surface area contributed by atoms with Crippen molar-refractivity contribution in [2.75, 3.05) is 26.4 Å². The van der Waals surface area contributed by atoms with Crippen LogP contribution >= 0.6 is 0 Å². The van der Waals surface area contributed by atoms with E-state index in [0.717, 1.165) is 0 Å². The van der Waals surface area contributed by atoms with Gasteiger partial charge in [0.2, 0.25) is 0 Å². The number of carbonyl (C=O) groups excluding carboxylic acids is 3. The molecule has 0 saturated heterocycles. The zero-order chi connectivity index (χ0) is 20.0. The molecule has 0 fully saturated rings. The van der Waals surface area contributed by atoms with Crippen LogP contribution in [0.5, 0.6) is 0 Å². The summed E-state index contributed by atoms with van der Waals surface area (Å²) in [6, 6.07) is -1.90. The Morgan fingerprint density at radius 1 is 0.800 bits per heavy atom. The van der Waals surface area contributed by atoms with E-state index < -0.39 is 30.2 Å². The second-order valence-corrected chi connectivity index (χ2v) is 5.69. The summed E-state index contributed by atoms with van der Waals surface area (Å²) >= 11 is 0. The number of hydrogen-bond acceptors (Lipinski definition) is 10. The molecule has 0 aliphatic carbocycles. The largest absolute Gasteiger partial charge is 0.524 e. The first-order valence-corrected chi connectivity index (χ1v) is 7.86. The highest BCUT2D eigenvalue weighted by Crippen LogP contribution is 2.04. The molecule has 0 aromatic heterocycles. The maximum Gasteiger partial charge on any atom is 0.524 e. The standard InChI is InChI=1S/C11H20N2O5.C4H10O3/c1-5(2)7(12)9(14)17-11(16)18-10(15)8(13)6(3)4;5-1-3-7-4-2-6/h5-8H,12-13H2,1-4H3;5-6H,1-4H2/t7-,8-;/m0./s1. The van der Waals surface area contributed by atoms with Crippen LogP contribution in [0, 0.1) is 11.8 Å². The molecule has 0 radical (unpaired) electrons. The maximum absolute atomic E-state index is 11.3. The predicted octanol–water partition coefficient (Wildman–Crippen LogP) is -0.853. The van der Waals surface area contributed by atoms with Crippen molar-refractivity contribution >= 4 is 18.1 Å². The van der Waals surface area contributed by atoms with Gasteiger partial charge in [-0.1, -0.05) is 27.7 Å². The number of ether oxygens (including phenoxy) is 3. The van der Waals surface area contributed by atoms with Gasteiger partial charge in [-0.25, -0.2) is 14.4 Å². The van der Waals surface area contributed by atoms with E-state index in [1.165, 1.54) is 0 Å². The fourth-order valence-electron chi connectivity index (χ4n) is 1.10. The number of rotatable bonds is 8. The van der Waals surface area contributed by atoms with Gasteiger partial charge in [0.15, 0.2) is 0 Å². The van der Waals surface area contributed by atoms with Crippen molar-refractivity contribution in [2.24, 2.45) is 23.3 Å². The molecule has 0 aromatic carbocycles. The minimum absolute atomic E-state index is 0.0278. The fourth-order valence-corrected chi connectivity index (χ4v) is 1.10. The summed E-state index contributed by atoms with van der Waals surface area (Å²) in [6.07, 6.45) is -1.41. The van der Waals surface area contributed by atoms with Crippen LogP contribution in [-0.4, -0.2) is 66.8 Å². The topological polar surface area (TPSA) is 171 Å². The van der Waals surface area contributed by atoms with Crippen molar-refractivity contribution in [1.29, 1.82) is 0 Å². The molecule has 0 rings (SSSR count). The summed E-state index contributed by atoms with van der Waals surface area (Å²) < 4.78 is 13.2. The molecule has 0 saturated carbocycles. The molecule has 25 heavy (non-hydrogen) atoms. The van der Waals surface area contributed by atoms with Crippen molar-refractivity contribution in [3.63, 3.8) is 0 Å². The lowest BCUT2D eigenvalue weighted by molar-refractivity contribution is -0.149. The third-order valence-corrected chi connectivity index (χ3v) is 2.82. The minimum atomic E-state index is -1.41. The van der Waals surface area contributed by atoms with Gasteiger partial charge in [0, 0.05) is 0 Å². The van der Waals surface area contributed by atoms with E-state index in [4.69, 9.17) is 21.7 Å². The van der Waals surface area contributed by atoms with Gasteiger partial charge in [0.25, 0.3) is 0 Å². The van der Waals surface area contributed by atoms with Gasteiger partial charge in [-0.2, -0.15) is 0 Å². The SMILES string of the molecule is CC(C)[C@H](N)C(=O)OC(=O)OC(=O)[C@@H](N)C(C)C.OCCOCCO. The first-order chi connectivity index (χ1) is 11.6. The number of hydrogen-bond donors (Lipinski definition) is 4. The molecular formula is C15H30N2O8. The summed E-state index contributed by atoms with van der Waals surface area (Å²) in [7, 11) is 0. The molecule has 148 valence electrons. The predicted molar refractivity (Wildman–Crippen MR) is 88.2 cm³/mol. The Bertz CT molecular complexity index is 367. The van der Waals surface area contributed by atoms with Crippen LogP contribution in [0.25, 0.3) is 0 Å². The van der Waals surface area contributed by atoms with Crippen molar-refractivity contribution in [2.45, 2.75) is 39.8 Å². The maximum atomic E-state index is 11.3. The third-order valence-electron chi connectivity index (χ3n) is 2.82. The molecule has 0 heterocycles.